The molecule has 4 heterocycles. The molecule has 2 saturated heterocycles. The number of imidazole rings is 1. The van der Waals surface area contributed by atoms with E-state index in [1.54, 1.807) is 0 Å². The molecular formula is C21H32N8O8S. The summed E-state index contributed by atoms with van der Waals surface area (Å²) >= 11 is 0. The Morgan fingerprint density at radius 1 is 1.29 bits per heavy atom. The van der Waals surface area contributed by atoms with Crippen molar-refractivity contribution in [2.45, 2.75) is 69.7 Å². The van der Waals surface area contributed by atoms with Crippen LogP contribution in [-0.2, 0) is 28.8 Å². The van der Waals surface area contributed by atoms with Crippen LogP contribution >= 0.6 is 0 Å². The molecule has 0 aromatic carbocycles. The van der Waals surface area contributed by atoms with Crippen molar-refractivity contribution in [3.63, 3.8) is 0 Å². The molecule has 17 heteroatoms. The van der Waals surface area contributed by atoms with E-state index in [2.05, 4.69) is 25.6 Å². The quantitative estimate of drug-likeness (QED) is 0.181. The molecule has 210 valence electrons. The number of carbonyl (C=O) groups excluding carboxylic acids is 2. The normalized spacial score (nSPS) is 26.6. The van der Waals surface area contributed by atoms with Crippen molar-refractivity contribution < 1.29 is 37.1 Å². The van der Waals surface area contributed by atoms with E-state index in [9.17, 15) is 28.2 Å². The van der Waals surface area contributed by atoms with Crippen LogP contribution in [0.4, 0.5) is 5.82 Å². The smallest absolute Gasteiger partial charge is 0.362 e. The van der Waals surface area contributed by atoms with Crippen LogP contribution in [0.25, 0.3) is 11.2 Å². The van der Waals surface area contributed by atoms with E-state index in [4.69, 9.17) is 14.7 Å². The average Bonchev–Trinajstić information content (AvgIpc) is 3.58. The molecule has 0 radical (unpaired) electrons. The molecule has 38 heavy (non-hydrogen) atoms. The van der Waals surface area contributed by atoms with Crippen molar-refractivity contribution in [2.24, 2.45) is 5.92 Å². The highest BCUT2D eigenvalue weighted by Gasteiger charge is 2.45. The monoisotopic (exact) mass is 556 g/mol. The maximum absolute atomic E-state index is 12.8. The summed E-state index contributed by atoms with van der Waals surface area (Å²) in [5, 5.41) is 26.6. The lowest BCUT2D eigenvalue weighted by Crippen LogP contribution is -2.53. The van der Waals surface area contributed by atoms with E-state index < -0.39 is 59.4 Å². The molecule has 2 aromatic heterocycles. The van der Waals surface area contributed by atoms with Gasteiger partial charge in [-0.3, -0.25) is 18.3 Å². The maximum atomic E-state index is 12.8. The highest BCUT2D eigenvalue weighted by atomic mass is 32.2. The number of aliphatic hydroxyl groups excluding tert-OH is 2. The van der Waals surface area contributed by atoms with Gasteiger partial charge in [-0.1, -0.05) is 13.8 Å². The largest absolute Gasteiger partial charge is 0.387 e. The maximum Gasteiger partial charge on any atom is 0.362 e. The second-order valence-electron chi connectivity index (χ2n) is 9.67. The Morgan fingerprint density at radius 2 is 2.05 bits per heavy atom. The van der Waals surface area contributed by atoms with Crippen molar-refractivity contribution in [1.29, 1.82) is 0 Å². The predicted molar refractivity (Wildman–Crippen MR) is 131 cm³/mol. The van der Waals surface area contributed by atoms with E-state index in [1.807, 2.05) is 18.6 Å². The standard InChI is InChI=1S/C21H32N8O8S/c1-10(2)6-12(27-19(32)11-4-3-5-23-11)20(33)28-38(34,35)36-7-13-15(30)16(31)21(37-13)29-9-26-14-17(22)24-8-25-18(14)29/h8-13,15-16,21,23,30-31H,3-7H2,1-2H3,(H,27,32)(H,28,33)(H2,22,24,25)/t11-,12-,13+,15+,16+,21+/m0/s1. The van der Waals surface area contributed by atoms with Gasteiger partial charge in [-0.15, -0.1) is 0 Å². The molecular weight excluding hydrogens is 524 g/mol. The van der Waals surface area contributed by atoms with E-state index in [1.165, 1.54) is 17.2 Å². The molecule has 6 atom stereocenters. The Balaban J connectivity index is 1.37. The summed E-state index contributed by atoms with van der Waals surface area (Å²) in [6.07, 6.45) is -1.34. The minimum atomic E-state index is -4.65. The minimum absolute atomic E-state index is 0.0217. The van der Waals surface area contributed by atoms with Gasteiger partial charge < -0.3 is 31.3 Å². The fourth-order valence-electron chi connectivity index (χ4n) is 4.42. The molecule has 2 aliphatic heterocycles. The third kappa shape index (κ3) is 6.19. The van der Waals surface area contributed by atoms with Crippen LogP contribution in [0.3, 0.4) is 0 Å². The number of amides is 2. The summed E-state index contributed by atoms with van der Waals surface area (Å²) in [7, 11) is -4.65. The van der Waals surface area contributed by atoms with Crippen molar-refractivity contribution in [3.8, 4) is 0 Å². The number of nitrogens with one attached hydrogen (secondary N) is 3. The van der Waals surface area contributed by atoms with Gasteiger partial charge in [0.1, 0.15) is 36.2 Å². The second-order valence-corrected chi connectivity index (χ2v) is 11.0. The Bertz CT molecular complexity index is 1270. The van der Waals surface area contributed by atoms with Gasteiger partial charge in [-0.05, 0) is 31.7 Å². The van der Waals surface area contributed by atoms with E-state index in [0.717, 1.165) is 6.42 Å². The number of nitrogens with zero attached hydrogens (tertiary/aromatic N) is 4. The number of hydrogen-bond donors (Lipinski definition) is 6. The van der Waals surface area contributed by atoms with Crippen LogP contribution in [-0.4, -0.2) is 93.5 Å². The zero-order valence-corrected chi connectivity index (χ0v) is 21.7. The van der Waals surface area contributed by atoms with Gasteiger partial charge in [-0.2, -0.15) is 8.42 Å². The number of rotatable bonds is 10. The Labute approximate surface area is 218 Å². The second kappa shape index (κ2) is 11.4. The lowest BCUT2D eigenvalue weighted by molar-refractivity contribution is -0.129. The van der Waals surface area contributed by atoms with Crippen LogP contribution in [0.1, 0.15) is 39.3 Å². The Morgan fingerprint density at radius 3 is 2.74 bits per heavy atom. The first-order chi connectivity index (χ1) is 18.0. The number of carbonyl (C=O) groups is 2. The molecule has 2 amide bonds. The van der Waals surface area contributed by atoms with Crippen LogP contribution in [0, 0.1) is 5.92 Å². The SMILES string of the molecule is CC(C)C[C@H](NC(=O)[C@@H]1CCCN1)C(=O)NS(=O)(=O)OC[C@H]1O[C@@H](n2cnc3c(N)ncnc32)[C@H](O)[C@@H]1O. The molecule has 16 nitrogen and oxygen atoms in total. The summed E-state index contributed by atoms with van der Waals surface area (Å²) in [4.78, 5) is 37.2. The van der Waals surface area contributed by atoms with Crippen LogP contribution in [0.2, 0.25) is 0 Å². The van der Waals surface area contributed by atoms with Gasteiger partial charge in [0.05, 0.1) is 19.0 Å². The average molecular weight is 557 g/mol. The number of ether oxygens (including phenoxy) is 1. The van der Waals surface area contributed by atoms with Gasteiger partial charge in [0.15, 0.2) is 17.7 Å². The molecule has 0 bridgehead atoms. The highest BCUT2D eigenvalue weighted by Crippen LogP contribution is 2.32. The fourth-order valence-corrected chi connectivity index (χ4v) is 5.18. The lowest BCUT2D eigenvalue weighted by Gasteiger charge is -2.22. The highest BCUT2D eigenvalue weighted by molar-refractivity contribution is 7.85. The first kappa shape index (κ1) is 28.1. The topological polar surface area (TPSA) is 233 Å². The number of aliphatic hydroxyl groups is 2. The summed E-state index contributed by atoms with van der Waals surface area (Å²) in [5.74, 6) is -1.26. The summed E-state index contributed by atoms with van der Waals surface area (Å²) < 4.78 is 38.7. The number of hydrogen-bond acceptors (Lipinski definition) is 13. The molecule has 0 unspecified atom stereocenters. The van der Waals surface area contributed by atoms with Crippen LogP contribution in [0.5, 0.6) is 0 Å². The third-order valence-electron chi connectivity index (χ3n) is 6.33. The fraction of sp³-hybridized carbons (Fsp3) is 0.667. The van der Waals surface area contributed by atoms with Gasteiger partial charge in [0.2, 0.25) is 5.91 Å². The van der Waals surface area contributed by atoms with Crippen molar-refractivity contribution in [2.75, 3.05) is 18.9 Å². The summed E-state index contributed by atoms with van der Waals surface area (Å²) in [5.41, 5.74) is 6.27. The van der Waals surface area contributed by atoms with Crippen LogP contribution in [0.15, 0.2) is 12.7 Å². The lowest BCUT2D eigenvalue weighted by atomic mass is 10.0. The van der Waals surface area contributed by atoms with Gasteiger partial charge >= 0.3 is 10.3 Å². The molecule has 0 aliphatic carbocycles. The Kier molecular flexibility index (Phi) is 8.43. The van der Waals surface area contributed by atoms with Crippen LogP contribution < -0.4 is 21.1 Å². The van der Waals surface area contributed by atoms with Gasteiger partial charge in [0.25, 0.3) is 5.91 Å². The van der Waals surface area contributed by atoms with E-state index >= 15 is 0 Å². The van der Waals surface area contributed by atoms with Crippen molar-refractivity contribution in [3.05, 3.63) is 12.7 Å². The number of nitrogen functional groups attached to an aromatic ring is 1. The minimum Gasteiger partial charge on any atom is -0.387 e. The van der Waals surface area contributed by atoms with Crippen molar-refractivity contribution in [1.82, 2.24) is 34.9 Å². The molecule has 2 aromatic rings. The number of anilines is 1. The molecule has 2 fully saturated rings. The molecule has 4 rings (SSSR count). The first-order valence-electron chi connectivity index (χ1n) is 12.2. The first-order valence-corrected chi connectivity index (χ1v) is 13.6. The molecule has 2 aliphatic rings. The van der Waals surface area contributed by atoms with Gasteiger partial charge in [0, 0.05) is 0 Å². The number of fused-ring (bicyclic) bond motifs is 1. The molecule has 0 saturated carbocycles. The summed E-state index contributed by atoms with van der Waals surface area (Å²) in [6.45, 7) is 3.63. The van der Waals surface area contributed by atoms with Gasteiger partial charge in [-0.25, -0.2) is 19.7 Å². The molecule has 7 N–H and O–H groups in total. The zero-order chi connectivity index (χ0) is 27.6. The summed E-state index contributed by atoms with van der Waals surface area (Å²) in [6, 6.07) is -1.55. The zero-order valence-electron chi connectivity index (χ0n) is 20.9. The van der Waals surface area contributed by atoms with E-state index in [-0.39, 0.29) is 35.2 Å². The molecule has 0 spiro atoms. The number of aromatic nitrogens is 4. The van der Waals surface area contributed by atoms with Crippen molar-refractivity contribution >= 4 is 39.1 Å². The van der Waals surface area contributed by atoms with E-state index in [0.29, 0.717) is 13.0 Å². The third-order valence-corrected chi connectivity index (χ3v) is 7.23. The number of nitrogens with two attached hydrogens (primary N) is 1. The predicted octanol–water partition coefficient (Wildman–Crippen LogP) is -2.31. The Hall–Kier alpha value is -2.96.